The van der Waals surface area contributed by atoms with Gasteiger partial charge in [-0.15, -0.1) is 11.3 Å². The summed E-state index contributed by atoms with van der Waals surface area (Å²) >= 11 is 4.89. The van der Waals surface area contributed by atoms with Crippen molar-refractivity contribution in [2.75, 3.05) is 18.4 Å². The van der Waals surface area contributed by atoms with Crippen LogP contribution < -0.4 is 5.32 Å². The molecule has 25 heavy (non-hydrogen) atoms. The molecular weight excluding hydrogens is 424 g/mol. The Balaban J connectivity index is 1.71. The zero-order chi connectivity index (χ0) is 17.9. The molecule has 8 heteroatoms. The topological polar surface area (TPSA) is 66.5 Å². The number of rotatable bonds is 5. The maximum atomic E-state index is 12.6. The van der Waals surface area contributed by atoms with Gasteiger partial charge in [0.15, 0.2) is 0 Å². The van der Waals surface area contributed by atoms with E-state index >= 15 is 0 Å². The van der Waals surface area contributed by atoms with Gasteiger partial charge in [-0.2, -0.15) is 4.31 Å². The number of thiophene rings is 1. The van der Waals surface area contributed by atoms with Gasteiger partial charge in [0, 0.05) is 29.7 Å². The van der Waals surface area contributed by atoms with Crippen LogP contribution in [0.1, 0.15) is 17.7 Å². The third-order valence-electron chi connectivity index (χ3n) is 3.80. The molecule has 0 atom stereocenters. The van der Waals surface area contributed by atoms with E-state index < -0.39 is 10.0 Å². The van der Waals surface area contributed by atoms with Gasteiger partial charge in [-0.1, -0.05) is 6.07 Å². The number of benzene rings is 1. The van der Waals surface area contributed by atoms with E-state index in [1.165, 1.54) is 27.8 Å². The molecule has 1 aliphatic heterocycles. The van der Waals surface area contributed by atoms with Crippen LogP contribution in [0.15, 0.2) is 51.2 Å². The zero-order valence-corrected chi connectivity index (χ0v) is 16.5. The summed E-state index contributed by atoms with van der Waals surface area (Å²) in [4.78, 5) is 13.2. The van der Waals surface area contributed by atoms with Gasteiger partial charge in [0.25, 0.3) is 0 Å². The predicted molar refractivity (Wildman–Crippen MR) is 104 cm³/mol. The first kappa shape index (κ1) is 18.3. The summed E-state index contributed by atoms with van der Waals surface area (Å²) in [7, 11) is -3.49. The maximum absolute atomic E-state index is 12.6. The average molecular weight is 441 g/mol. The Kier molecular flexibility index (Phi) is 5.73. The lowest BCUT2D eigenvalue weighted by Crippen LogP contribution is -2.27. The standard InChI is InChI=1S/C17H17BrN2O3S2/c18-16-8-6-14(24-16)7-9-17(21)19-13-4-3-5-15(12-13)25(22,23)20-10-1-2-11-20/h3-9,12H,1-2,10-11H2,(H,19,21). The Morgan fingerprint density at radius 3 is 2.64 bits per heavy atom. The fraction of sp³-hybridized carbons (Fsp3) is 0.235. The van der Waals surface area contributed by atoms with E-state index in [-0.39, 0.29) is 10.8 Å². The van der Waals surface area contributed by atoms with Crippen LogP contribution in [0.4, 0.5) is 5.69 Å². The number of anilines is 1. The molecule has 0 aliphatic carbocycles. The molecule has 1 saturated heterocycles. The van der Waals surface area contributed by atoms with Crippen molar-refractivity contribution in [2.45, 2.75) is 17.7 Å². The van der Waals surface area contributed by atoms with Gasteiger partial charge in [0.05, 0.1) is 8.68 Å². The Morgan fingerprint density at radius 1 is 1.20 bits per heavy atom. The molecule has 1 N–H and O–H groups in total. The fourth-order valence-corrected chi connectivity index (χ4v) is 5.46. The summed E-state index contributed by atoms with van der Waals surface area (Å²) in [5, 5.41) is 2.71. The van der Waals surface area contributed by atoms with Crippen LogP contribution in [0, 0.1) is 0 Å². The van der Waals surface area contributed by atoms with E-state index in [1.807, 2.05) is 12.1 Å². The van der Waals surface area contributed by atoms with Crippen molar-refractivity contribution in [1.82, 2.24) is 4.31 Å². The minimum atomic E-state index is -3.49. The molecule has 3 rings (SSSR count). The second-order valence-corrected chi connectivity index (χ2v) is 10.0. The Labute approximate surface area is 159 Å². The van der Waals surface area contributed by atoms with Gasteiger partial charge >= 0.3 is 0 Å². The van der Waals surface area contributed by atoms with E-state index in [4.69, 9.17) is 0 Å². The quantitative estimate of drug-likeness (QED) is 0.715. The van der Waals surface area contributed by atoms with Crippen molar-refractivity contribution in [3.63, 3.8) is 0 Å². The SMILES string of the molecule is O=C(C=Cc1ccc(Br)s1)Nc1cccc(S(=O)(=O)N2CCCC2)c1. The number of carbonyl (C=O) groups is 1. The number of hydrogen-bond donors (Lipinski definition) is 1. The Hall–Kier alpha value is -1.48. The Morgan fingerprint density at radius 2 is 1.96 bits per heavy atom. The largest absolute Gasteiger partial charge is 0.322 e. The van der Waals surface area contributed by atoms with Crippen molar-refractivity contribution >= 4 is 55.0 Å². The minimum Gasteiger partial charge on any atom is -0.322 e. The fourth-order valence-electron chi connectivity index (χ4n) is 2.57. The monoisotopic (exact) mass is 440 g/mol. The summed E-state index contributed by atoms with van der Waals surface area (Å²) in [6.07, 6.45) is 4.92. The second kappa shape index (κ2) is 7.82. The summed E-state index contributed by atoms with van der Waals surface area (Å²) in [6, 6.07) is 10.2. The third kappa shape index (κ3) is 4.58. The summed E-state index contributed by atoms with van der Waals surface area (Å²) in [5.41, 5.74) is 0.460. The van der Waals surface area contributed by atoms with E-state index in [1.54, 1.807) is 24.3 Å². The van der Waals surface area contributed by atoms with Crippen LogP contribution in [-0.2, 0) is 14.8 Å². The van der Waals surface area contributed by atoms with Crippen LogP contribution in [-0.4, -0.2) is 31.7 Å². The summed E-state index contributed by atoms with van der Waals surface area (Å²) in [5.74, 6) is -0.305. The predicted octanol–water partition coefficient (Wildman–Crippen LogP) is 3.95. The lowest BCUT2D eigenvalue weighted by Gasteiger charge is -2.16. The van der Waals surface area contributed by atoms with Crippen LogP contribution in [0.5, 0.6) is 0 Å². The average Bonchev–Trinajstić information content (AvgIpc) is 3.25. The molecule has 5 nitrogen and oxygen atoms in total. The van der Waals surface area contributed by atoms with Gasteiger partial charge in [-0.05, 0) is 65.2 Å². The number of hydrogen-bond acceptors (Lipinski definition) is 4. The molecular formula is C17H17BrN2O3S2. The van der Waals surface area contributed by atoms with Crippen molar-refractivity contribution in [3.8, 4) is 0 Å². The summed E-state index contributed by atoms with van der Waals surface area (Å²) in [6.45, 7) is 1.11. The van der Waals surface area contributed by atoms with Crippen LogP contribution in [0.25, 0.3) is 6.08 Å². The molecule has 0 unspecified atom stereocenters. The number of amides is 1. The smallest absolute Gasteiger partial charge is 0.248 e. The lowest BCUT2D eigenvalue weighted by molar-refractivity contribution is -0.111. The van der Waals surface area contributed by atoms with E-state index in [2.05, 4.69) is 21.2 Å². The van der Waals surface area contributed by atoms with Crippen molar-refractivity contribution in [2.24, 2.45) is 0 Å². The number of sulfonamides is 1. The molecule has 1 aliphatic rings. The van der Waals surface area contributed by atoms with Gasteiger partial charge in [-0.25, -0.2) is 8.42 Å². The first-order valence-corrected chi connectivity index (χ1v) is 10.8. The molecule has 2 heterocycles. The Bertz CT molecular complexity index is 900. The number of nitrogens with zero attached hydrogens (tertiary/aromatic N) is 1. The third-order valence-corrected chi connectivity index (χ3v) is 7.28. The highest BCUT2D eigenvalue weighted by atomic mass is 79.9. The highest BCUT2D eigenvalue weighted by molar-refractivity contribution is 9.11. The van der Waals surface area contributed by atoms with Gasteiger partial charge in [0.2, 0.25) is 15.9 Å². The summed E-state index contributed by atoms with van der Waals surface area (Å²) < 4.78 is 27.6. The van der Waals surface area contributed by atoms with Gasteiger partial charge in [-0.3, -0.25) is 4.79 Å². The molecule has 0 radical (unpaired) electrons. The first-order chi connectivity index (χ1) is 11.9. The minimum absolute atomic E-state index is 0.207. The molecule has 2 aromatic rings. The molecule has 1 aromatic heterocycles. The first-order valence-electron chi connectivity index (χ1n) is 7.80. The zero-order valence-electron chi connectivity index (χ0n) is 13.3. The molecule has 0 bridgehead atoms. The van der Waals surface area contributed by atoms with Gasteiger partial charge in [0.1, 0.15) is 0 Å². The number of carbonyl (C=O) groups excluding carboxylic acids is 1. The highest BCUT2D eigenvalue weighted by Gasteiger charge is 2.27. The van der Waals surface area contributed by atoms with Gasteiger partial charge < -0.3 is 5.32 Å². The molecule has 0 saturated carbocycles. The van der Waals surface area contributed by atoms with E-state index in [0.29, 0.717) is 18.8 Å². The molecule has 1 aromatic carbocycles. The van der Waals surface area contributed by atoms with Crippen LogP contribution in [0.3, 0.4) is 0 Å². The van der Waals surface area contributed by atoms with E-state index in [0.717, 1.165) is 21.5 Å². The molecule has 132 valence electrons. The molecule has 1 amide bonds. The molecule has 0 spiro atoms. The van der Waals surface area contributed by atoms with Crippen LogP contribution >= 0.6 is 27.3 Å². The van der Waals surface area contributed by atoms with Crippen molar-refractivity contribution in [1.29, 1.82) is 0 Å². The number of nitrogens with one attached hydrogen (secondary N) is 1. The second-order valence-electron chi connectivity index (χ2n) is 5.60. The highest BCUT2D eigenvalue weighted by Crippen LogP contribution is 2.24. The molecule has 1 fully saturated rings. The lowest BCUT2D eigenvalue weighted by atomic mass is 10.3. The number of halogens is 1. The van der Waals surface area contributed by atoms with Crippen LogP contribution in [0.2, 0.25) is 0 Å². The van der Waals surface area contributed by atoms with Crippen molar-refractivity contribution in [3.05, 3.63) is 51.1 Å². The maximum Gasteiger partial charge on any atom is 0.248 e. The van der Waals surface area contributed by atoms with E-state index in [9.17, 15) is 13.2 Å². The van der Waals surface area contributed by atoms with Crippen molar-refractivity contribution < 1.29 is 13.2 Å². The normalized spacial score (nSPS) is 15.7.